The van der Waals surface area contributed by atoms with Gasteiger partial charge in [-0.3, -0.25) is 4.98 Å². The number of hydrogen-bond acceptors (Lipinski definition) is 4. The zero-order valence-electron chi connectivity index (χ0n) is 13.3. The Morgan fingerprint density at radius 1 is 1.04 bits per heavy atom. The highest BCUT2D eigenvalue weighted by Crippen LogP contribution is 2.17. The summed E-state index contributed by atoms with van der Waals surface area (Å²) >= 11 is 0. The smallest absolute Gasteiger partial charge is 0.244 e. The van der Waals surface area contributed by atoms with Crippen molar-refractivity contribution in [2.45, 2.75) is 11.3 Å². The Morgan fingerprint density at radius 3 is 2.46 bits per heavy atom. The molecule has 0 spiro atoms. The standard InChI is InChI=1S/C17H20FN3O2S/c18-17-6-2-1-4-15(17)7-9-20-10-12-21(13-11-20)24(22,23)16-5-3-8-19-14-16/h1-6,8,14H,7,9-13H2. The summed E-state index contributed by atoms with van der Waals surface area (Å²) in [5.74, 6) is -0.185. The van der Waals surface area contributed by atoms with E-state index in [0.717, 1.165) is 6.54 Å². The molecule has 2 heterocycles. The first-order chi connectivity index (χ1) is 11.6. The second kappa shape index (κ2) is 7.38. The number of sulfonamides is 1. The van der Waals surface area contributed by atoms with E-state index in [-0.39, 0.29) is 10.7 Å². The molecule has 0 radical (unpaired) electrons. The van der Waals surface area contributed by atoms with E-state index in [1.807, 2.05) is 6.07 Å². The molecule has 0 unspecified atom stereocenters. The molecule has 1 fully saturated rings. The van der Waals surface area contributed by atoms with Crippen LogP contribution in [0.1, 0.15) is 5.56 Å². The molecule has 0 aliphatic carbocycles. The summed E-state index contributed by atoms with van der Waals surface area (Å²) in [5.41, 5.74) is 0.697. The van der Waals surface area contributed by atoms with E-state index >= 15 is 0 Å². The van der Waals surface area contributed by atoms with Crippen LogP contribution in [0, 0.1) is 5.82 Å². The van der Waals surface area contributed by atoms with Gasteiger partial charge < -0.3 is 4.90 Å². The minimum atomic E-state index is -3.48. The summed E-state index contributed by atoms with van der Waals surface area (Å²) in [4.78, 5) is 6.28. The molecule has 3 rings (SSSR count). The predicted octanol–water partition coefficient (Wildman–Crippen LogP) is 1.77. The normalized spacial score (nSPS) is 17.0. The van der Waals surface area contributed by atoms with Crippen molar-refractivity contribution >= 4 is 10.0 Å². The fourth-order valence-corrected chi connectivity index (χ4v) is 4.21. The Kier molecular flexibility index (Phi) is 5.23. The molecule has 7 heteroatoms. The molecule has 1 aliphatic rings. The molecule has 1 aromatic heterocycles. The molecule has 128 valence electrons. The Labute approximate surface area is 141 Å². The first-order valence-corrected chi connectivity index (χ1v) is 9.37. The molecule has 2 aromatic rings. The number of hydrogen-bond donors (Lipinski definition) is 0. The Balaban J connectivity index is 1.55. The third kappa shape index (κ3) is 3.80. The molecule has 0 bridgehead atoms. The monoisotopic (exact) mass is 349 g/mol. The molecule has 1 saturated heterocycles. The second-order valence-corrected chi connectivity index (χ2v) is 7.71. The Bertz CT molecular complexity index is 775. The van der Waals surface area contributed by atoms with Gasteiger partial charge in [-0.2, -0.15) is 4.31 Å². The third-order valence-electron chi connectivity index (χ3n) is 4.26. The molecule has 1 aromatic carbocycles. The fourth-order valence-electron chi connectivity index (χ4n) is 2.82. The average molecular weight is 349 g/mol. The summed E-state index contributed by atoms with van der Waals surface area (Å²) in [7, 11) is -3.48. The Morgan fingerprint density at radius 2 is 1.79 bits per heavy atom. The summed E-state index contributed by atoms with van der Waals surface area (Å²) in [5, 5.41) is 0. The number of pyridine rings is 1. The van der Waals surface area contributed by atoms with Gasteiger partial charge >= 0.3 is 0 Å². The molecule has 1 aliphatic heterocycles. The van der Waals surface area contributed by atoms with Gasteiger partial charge in [-0.05, 0) is 30.2 Å². The fraction of sp³-hybridized carbons (Fsp3) is 0.353. The highest BCUT2D eigenvalue weighted by molar-refractivity contribution is 7.89. The maximum atomic E-state index is 13.6. The van der Waals surface area contributed by atoms with Crippen molar-refractivity contribution in [2.75, 3.05) is 32.7 Å². The summed E-state index contributed by atoms with van der Waals surface area (Å²) < 4.78 is 40.2. The minimum absolute atomic E-state index is 0.185. The van der Waals surface area contributed by atoms with E-state index in [9.17, 15) is 12.8 Å². The van der Waals surface area contributed by atoms with Crippen LogP contribution in [0.3, 0.4) is 0 Å². The van der Waals surface area contributed by atoms with Crippen LogP contribution in [-0.2, 0) is 16.4 Å². The van der Waals surface area contributed by atoms with Gasteiger partial charge in [0.15, 0.2) is 0 Å². The zero-order valence-corrected chi connectivity index (χ0v) is 14.1. The SMILES string of the molecule is O=S(=O)(c1cccnc1)N1CCN(CCc2ccccc2F)CC1. The molecular formula is C17H20FN3O2S. The first-order valence-electron chi connectivity index (χ1n) is 7.93. The molecule has 0 saturated carbocycles. The van der Waals surface area contributed by atoms with Gasteiger partial charge in [-0.1, -0.05) is 18.2 Å². The molecule has 24 heavy (non-hydrogen) atoms. The highest BCUT2D eigenvalue weighted by Gasteiger charge is 2.28. The minimum Gasteiger partial charge on any atom is -0.300 e. The molecule has 0 N–H and O–H groups in total. The summed E-state index contributed by atoms with van der Waals surface area (Å²) in [6, 6.07) is 9.95. The highest BCUT2D eigenvalue weighted by atomic mass is 32.2. The number of rotatable bonds is 5. The lowest BCUT2D eigenvalue weighted by Crippen LogP contribution is -2.49. The largest absolute Gasteiger partial charge is 0.300 e. The van der Waals surface area contributed by atoms with Crippen molar-refractivity contribution in [3.05, 3.63) is 60.2 Å². The quantitative estimate of drug-likeness (QED) is 0.826. The van der Waals surface area contributed by atoms with Crippen LogP contribution < -0.4 is 0 Å². The topological polar surface area (TPSA) is 53.5 Å². The van der Waals surface area contributed by atoms with Crippen molar-refractivity contribution < 1.29 is 12.8 Å². The van der Waals surface area contributed by atoms with Gasteiger partial charge in [-0.25, -0.2) is 12.8 Å². The lowest BCUT2D eigenvalue weighted by Gasteiger charge is -2.33. The lowest BCUT2D eigenvalue weighted by atomic mass is 10.1. The van der Waals surface area contributed by atoms with E-state index in [4.69, 9.17) is 0 Å². The zero-order chi connectivity index (χ0) is 17.0. The summed E-state index contributed by atoms with van der Waals surface area (Å²) in [6.07, 6.45) is 3.56. The van der Waals surface area contributed by atoms with E-state index in [1.54, 1.807) is 30.5 Å². The van der Waals surface area contributed by atoms with Gasteiger partial charge in [0.2, 0.25) is 10.0 Å². The number of aromatic nitrogens is 1. The number of piperazine rings is 1. The van der Waals surface area contributed by atoms with Gasteiger partial charge in [0.1, 0.15) is 10.7 Å². The van der Waals surface area contributed by atoms with E-state index in [2.05, 4.69) is 9.88 Å². The maximum absolute atomic E-state index is 13.6. The maximum Gasteiger partial charge on any atom is 0.244 e. The van der Waals surface area contributed by atoms with Crippen molar-refractivity contribution in [3.63, 3.8) is 0 Å². The first kappa shape index (κ1) is 17.0. The Hall–Kier alpha value is -1.83. The summed E-state index contributed by atoms with van der Waals surface area (Å²) in [6.45, 7) is 2.90. The van der Waals surface area contributed by atoms with Gasteiger partial charge in [0.05, 0.1) is 0 Å². The van der Waals surface area contributed by atoms with Gasteiger partial charge in [-0.15, -0.1) is 0 Å². The number of benzene rings is 1. The molecule has 5 nitrogen and oxygen atoms in total. The van der Waals surface area contributed by atoms with Gasteiger partial charge in [0.25, 0.3) is 0 Å². The molecule has 0 atom stereocenters. The van der Waals surface area contributed by atoms with Crippen LogP contribution >= 0.6 is 0 Å². The third-order valence-corrected chi connectivity index (χ3v) is 6.14. The number of nitrogens with zero attached hydrogens (tertiary/aromatic N) is 3. The van der Waals surface area contributed by atoms with Crippen LogP contribution in [0.2, 0.25) is 0 Å². The van der Waals surface area contributed by atoms with Crippen LogP contribution in [0.15, 0.2) is 53.7 Å². The van der Waals surface area contributed by atoms with Crippen LogP contribution in [0.25, 0.3) is 0 Å². The average Bonchev–Trinajstić information content (AvgIpc) is 2.62. The van der Waals surface area contributed by atoms with Crippen molar-refractivity contribution in [1.29, 1.82) is 0 Å². The van der Waals surface area contributed by atoms with Crippen molar-refractivity contribution in [2.24, 2.45) is 0 Å². The number of halogens is 1. The predicted molar refractivity (Wildman–Crippen MR) is 89.5 cm³/mol. The second-order valence-electron chi connectivity index (χ2n) is 5.78. The lowest BCUT2D eigenvalue weighted by molar-refractivity contribution is 0.189. The molecular weight excluding hydrogens is 329 g/mol. The molecule has 0 amide bonds. The van der Waals surface area contributed by atoms with Gasteiger partial charge in [0, 0.05) is 45.1 Å². The van der Waals surface area contributed by atoms with E-state index in [0.29, 0.717) is 38.2 Å². The van der Waals surface area contributed by atoms with Crippen LogP contribution in [0.5, 0.6) is 0 Å². The van der Waals surface area contributed by atoms with Crippen LogP contribution in [0.4, 0.5) is 4.39 Å². The van der Waals surface area contributed by atoms with Crippen LogP contribution in [-0.4, -0.2) is 55.3 Å². The van der Waals surface area contributed by atoms with Crippen molar-refractivity contribution in [1.82, 2.24) is 14.2 Å². The van der Waals surface area contributed by atoms with Crippen molar-refractivity contribution in [3.8, 4) is 0 Å². The van der Waals surface area contributed by atoms with E-state index < -0.39 is 10.0 Å². The van der Waals surface area contributed by atoms with E-state index in [1.165, 1.54) is 16.6 Å².